The quantitative estimate of drug-likeness (QED) is 0.602. The molecule has 18 heavy (non-hydrogen) atoms. The van der Waals surface area contributed by atoms with E-state index < -0.39 is 23.1 Å². The topological polar surface area (TPSA) is 17.1 Å². The molecule has 0 heterocycles. The van der Waals surface area contributed by atoms with Gasteiger partial charge >= 0.3 is 12.1 Å². The molecule has 6 heteroatoms. The molecule has 0 saturated heterocycles. The Morgan fingerprint density at radius 3 is 2.17 bits per heavy atom. The third-order valence-electron chi connectivity index (χ3n) is 3.17. The number of alkyl halides is 5. The van der Waals surface area contributed by atoms with Gasteiger partial charge in [0.15, 0.2) is 0 Å². The Morgan fingerprint density at radius 2 is 1.72 bits per heavy atom. The van der Waals surface area contributed by atoms with Crippen molar-refractivity contribution in [2.45, 2.75) is 30.4 Å². The molecule has 0 unspecified atom stereocenters. The summed E-state index contributed by atoms with van der Waals surface area (Å²) >= 11 is 0. The zero-order valence-electron chi connectivity index (χ0n) is 9.10. The SMILES string of the molecule is O=CC1(c2cccc(C(F)(F)C(F)(F)F)c2)CC1. The van der Waals surface area contributed by atoms with Gasteiger partial charge in [0.25, 0.3) is 0 Å². The van der Waals surface area contributed by atoms with E-state index in [1.165, 1.54) is 6.07 Å². The number of carbonyl (C=O) groups is 1. The van der Waals surface area contributed by atoms with Crippen molar-refractivity contribution in [1.29, 1.82) is 0 Å². The van der Waals surface area contributed by atoms with Gasteiger partial charge in [-0.05, 0) is 24.5 Å². The molecule has 0 radical (unpaired) electrons. The number of rotatable bonds is 3. The van der Waals surface area contributed by atoms with E-state index in [9.17, 15) is 26.7 Å². The molecule has 0 spiro atoms. The molecular weight excluding hydrogens is 255 g/mol. The van der Waals surface area contributed by atoms with E-state index in [0.29, 0.717) is 19.1 Å². The molecule has 1 aliphatic rings. The van der Waals surface area contributed by atoms with E-state index in [1.807, 2.05) is 0 Å². The van der Waals surface area contributed by atoms with E-state index in [4.69, 9.17) is 0 Å². The molecule has 2 rings (SSSR count). The maximum Gasteiger partial charge on any atom is 0.458 e. The summed E-state index contributed by atoms with van der Waals surface area (Å²) in [4.78, 5) is 10.8. The van der Waals surface area contributed by atoms with Crippen LogP contribution in [-0.4, -0.2) is 12.5 Å². The third-order valence-corrected chi connectivity index (χ3v) is 3.17. The van der Waals surface area contributed by atoms with E-state index in [-0.39, 0.29) is 5.56 Å². The maximum atomic E-state index is 13.1. The Balaban J connectivity index is 2.42. The third kappa shape index (κ3) is 1.89. The highest BCUT2D eigenvalue weighted by Gasteiger charge is 2.59. The predicted molar refractivity (Wildman–Crippen MR) is 53.4 cm³/mol. The van der Waals surface area contributed by atoms with Gasteiger partial charge in [-0.15, -0.1) is 0 Å². The predicted octanol–water partition coefficient (Wildman–Crippen LogP) is 3.57. The van der Waals surface area contributed by atoms with Crippen molar-refractivity contribution in [3.05, 3.63) is 35.4 Å². The minimum atomic E-state index is -5.64. The molecule has 1 nitrogen and oxygen atoms in total. The lowest BCUT2D eigenvalue weighted by Gasteiger charge is -2.21. The van der Waals surface area contributed by atoms with Gasteiger partial charge < -0.3 is 4.79 Å². The first-order valence-electron chi connectivity index (χ1n) is 5.25. The molecule has 1 saturated carbocycles. The van der Waals surface area contributed by atoms with Crippen LogP contribution in [0.5, 0.6) is 0 Å². The van der Waals surface area contributed by atoms with Gasteiger partial charge in [0.05, 0.1) is 5.41 Å². The second kappa shape index (κ2) is 3.76. The number of carbonyl (C=O) groups excluding carboxylic acids is 1. The Kier molecular flexibility index (Phi) is 2.72. The summed E-state index contributed by atoms with van der Waals surface area (Å²) in [6.07, 6.45) is -4.06. The van der Waals surface area contributed by atoms with Crippen molar-refractivity contribution >= 4 is 6.29 Å². The first kappa shape index (κ1) is 13.0. The number of benzene rings is 1. The summed E-state index contributed by atoms with van der Waals surface area (Å²) in [5.74, 6) is -4.90. The molecule has 0 N–H and O–H groups in total. The van der Waals surface area contributed by atoms with Gasteiger partial charge in [0.2, 0.25) is 0 Å². The normalized spacial score (nSPS) is 18.5. The minimum absolute atomic E-state index is 0.221. The van der Waals surface area contributed by atoms with Crippen LogP contribution in [0.3, 0.4) is 0 Å². The molecule has 0 bridgehead atoms. The summed E-state index contributed by atoms with van der Waals surface area (Å²) in [5, 5.41) is 0. The maximum absolute atomic E-state index is 13.1. The van der Waals surface area contributed by atoms with Crippen molar-refractivity contribution in [1.82, 2.24) is 0 Å². The number of halogens is 5. The fraction of sp³-hybridized carbons (Fsp3) is 0.417. The molecule has 98 valence electrons. The lowest BCUT2D eigenvalue weighted by Crippen LogP contribution is -2.33. The Morgan fingerprint density at radius 1 is 1.11 bits per heavy atom. The van der Waals surface area contributed by atoms with E-state index >= 15 is 0 Å². The highest BCUT2D eigenvalue weighted by molar-refractivity contribution is 5.73. The zero-order chi connectivity index (χ0) is 13.6. The van der Waals surface area contributed by atoms with Crippen LogP contribution < -0.4 is 0 Å². The Hall–Kier alpha value is -1.46. The largest absolute Gasteiger partial charge is 0.458 e. The molecule has 1 aromatic rings. The first-order valence-corrected chi connectivity index (χ1v) is 5.25. The molecule has 1 aliphatic carbocycles. The second-order valence-corrected chi connectivity index (χ2v) is 4.43. The average Bonchev–Trinajstić information content (AvgIpc) is 3.08. The number of hydrogen-bond donors (Lipinski definition) is 0. The highest BCUT2D eigenvalue weighted by Crippen LogP contribution is 2.49. The molecule has 0 aromatic heterocycles. The lowest BCUT2D eigenvalue weighted by molar-refractivity contribution is -0.289. The van der Waals surface area contributed by atoms with Crippen LogP contribution in [0.1, 0.15) is 24.0 Å². The minimum Gasteiger partial charge on any atom is -0.302 e. The molecule has 0 aliphatic heterocycles. The van der Waals surface area contributed by atoms with E-state index in [2.05, 4.69) is 0 Å². The molecule has 1 fully saturated rings. The van der Waals surface area contributed by atoms with Gasteiger partial charge in [-0.1, -0.05) is 18.2 Å². The van der Waals surface area contributed by atoms with Crippen molar-refractivity contribution in [3.8, 4) is 0 Å². The van der Waals surface area contributed by atoms with Crippen molar-refractivity contribution < 1.29 is 26.7 Å². The fourth-order valence-corrected chi connectivity index (χ4v) is 1.80. The van der Waals surface area contributed by atoms with Gasteiger partial charge in [-0.2, -0.15) is 22.0 Å². The Labute approximate surface area is 99.6 Å². The summed E-state index contributed by atoms with van der Waals surface area (Å²) in [5.41, 5.74) is -1.77. The van der Waals surface area contributed by atoms with Crippen molar-refractivity contribution in [2.24, 2.45) is 0 Å². The first-order chi connectivity index (χ1) is 8.23. The van der Waals surface area contributed by atoms with Crippen LogP contribution >= 0.6 is 0 Å². The van der Waals surface area contributed by atoms with Crippen LogP contribution in [0, 0.1) is 0 Å². The van der Waals surface area contributed by atoms with E-state index in [1.54, 1.807) is 0 Å². The monoisotopic (exact) mass is 264 g/mol. The number of hydrogen-bond acceptors (Lipinski definition) is 1. The van der Waals surface area contributed by atoms with Crippen LogP contribution in [-0.2, 0) is 16.1 Å². The average molecular weight is 264 g/mol. The summed E-state index contributed by atoms with van der Waals surface area (Å²) < 4.78 is 63.0. The summed E-state index contributed by atoms with van der Waals surface area (Å²) in [6.45, 7) is 0. The zero-order valence-corrected chi connectivity index (χ0v) is 9.10. The Bertz CT molecular complexity index is 474. The lowest BCUT2D eigenvalue weighted by atomic mass is 9.94. The number of aldehydes is 1. The van der Waals surface area contributed by atoms with Crippen LogP contribution in [0.25, 0.3) is 0 Å². The van der Waals surface area contributed by atoms with Gasteiger partial charge in [-0.25, -0.2) is 0 Å². The van der Waals surface area contributed by atoms with E-state index in [0.717, 1.165) is 18.2 Å². The summed E-state index contributed by atoms with van der Waals surface area (Å²) in [6, 6.07) is 4.01. The molecule has 0 atom stereocenters. The second-order valence-electron chi connectivity index (χ2n) is 4.43. The standard InChI is InChI=1S/C12H9F5O/c13-11(14,12(15,16)17)9-3-1-2-8(6-9)10(7-18)4-5-10/h1-3,6-7H,4-5H2. The smallest absolute Gasteiger partial charge is 0.302 e. The van der Waals surface area contributed by atoms with Crippen LogP contribution in [0.2, 0.25) is 0 Å². The van der Waals surface area contributed by atoms with Crippen LogP contribution in [0.4, 0.5) is 22.0 Å². The highest BCUT2D eigenvalue weighted by atomic mass is 19.4. The summed E-state index contributed by atoms with van der Waals surface area (Å²) in [7, 11) is 0. The molecule has 0 amide bonds. The molecule has 1 aromatic carbocycles. The van der Waals surface area contributed by atoms with Gasteiger partial charge in [0, 0.05) is 5.56 Å². The van der Waals surface area contributed by atoms with Crippen molar-refractivity contribution in [3.63, 3.8) is 0 Å². The van der Waals surface area contributed by atoms with Crippen LogP contribution in [0.15, 0.2) is 24.3 Å². The molecular formula is C12H9F5O. The van der Waals surface area contributed by atoms with Gasteiger partial charge in [0.1, 0.15) is 6.29 Å². The van der Waals surface area contributed by atoms with Crippen molar-refractivity contribution in [2.75, 3.05) is 0 Å². The fourth-order valence-electron chi connectivity index (χ4n) is 1.80. The van der Waals surface area contributed by atoms with Gasteiger partial charge in [-0.3, -0.25) is 0 Å².